The van der Waals surface area contributed by atoms with Crippen molar-refractivity contribution in [3.05, 3.63) is 82.7 Å². The number of hydrogen-bond acceptors (Lipinski definition) is 4. The fourth-order valence-corrected chi connectivity index (χ4v) is 6.85. The third-order valence-electron chi connectivity index (χ3n) is 8.70. The predicted octanol–water partition coefficient (Wildman–Crippen LogP) is 8.61. The summed E-state index contributed by atoms with van der Waals surface area (Å²) in [5.41, 5.74) is 6.16. The number of aryl methyl sites for hydroxylation is 1. The maximum absolute atomic E-state index is 12.9. The van der Waals surface area contributed by atoms with Crippen molar-refractivity contribution in [1.29, 1.82) is 0 Å². The van der Waals surface area contributed by atoms with Crippen molar-refractivity contribution < 1.29 is 9.53 Å². The summed E-state index contributed by atoms with van der Waals surface area (Å²) < 4.78 is 8.01. The van der Waals surface area contributed by atoms with Gasteiger partial charge in [-0.1, -0.05) is 50.1 Å². The van der Waals surface area contributed by atoms with Crippen LogP contribution in [0.15, 0.2) is 55.2 Å². The van der Waals surface area contributed by atoms with Gasteiger partial charge in [-0.2, -0.15) is 0 Å². The number of carbonyl (C=O) groups is 1. The van der Waals surface area contributed by atoms with Gasteiger partial charge in [0.05, 0.1) is 12.0 Å². The third kappa shape index (κ3) is 7.03. The normalized spacial score (nSPS) is 19.2. The molecule has 6 rings (SSSR count). The first-order valence-electron chi connectivity index (χ1n) is 15.5. The van der Waals surface area contributed by atoms with E-state index < -0.39 is 0 Å². The van der Waals surface area contributed by atoms with Gasteiger partial charge in [0.15, 0.2) is 0 Å². The summed E-state index contributed by atoms with van der Waals surface area (Å²) in [4.78, 5) is 24.0. The van der Waals surface area contributed by atoms with Crippen molar-refractivity contribution in [2.75, 3.05) is 13.1 Å². The van der Waals surface area contributed by atoms with E-state index in [1.165, 1.54) is 28.7 Å². The van der Waals surface area contributed by atoms with Gasteiger partial charge >= 0.3 is 6.09 Å². The van der Waals surface area contributed by atoms with Gasteiger partial charge in [0.25, 0.3) is 0 Å². The molecule has 2 fully saturated rings. The molecule has 1 amide bonds. The lowest BCUT2D eigenvalue weighted by Crippen LogP contribution is -2.41. The monoisotopic (exact) mass is 574 g/mol. The second-order valence-corrected chi connectivity index (χ2v) is 11.7. The molecule has 6 nitrogen and oxygen atoms in total. The lowest BCUT2D eigenvalue weighted by molar-refractivity contribution is 0.0372. The number of aromatic nitrogens is 3. The zero-order valence-electron chi connectivity index (χ0n) is 24.5. The van der Waals surface area contributed by atoms with Gasteiger partial charge in [0.1, 0.15) is 6.10 Å². The van der Waals surface area contributed by atoms with Crippen molar-refractivity contribution in [2.45, 2.75) is 90.2 Å². The van der Waals surface area contributed by atoms with Crippen LogP contribution in [0.3, 0.4) is 0 Å². The highest BCUT2D eigenvalue weighted by molar-refractivity contribution is 6.30. The Balaban J connectivity index is 0.00000165. The van der Waals surface area contributed by atoms with Gasteiger partial charge in [-0.25, -0.2) is 9.78 Å². The van der Waals surface area contributed by atoms with Crippen molar-refractivity contribution in [3.8, 4) is 0 Å². The summed E-state index contributed by atoms with van der Waals surface area (Å²) in [5.74, 6) is 0.545. The summed E-state index contributed by atoms with van der Waals surface area (Å²) in [6, 6.07) is 10.6. The number of piperidine rings is 1. The fourth-order valence-electron chi connectivity index (χ4n) is 6.67. The van der Waals surface area contributed by atoms with E-state index >= 15 is 0 Å². The molecule has 0 bridgehead atoms. The van der Waals surface area contributed by atoms with Gasteiger partial charge in [-0.05, 0) is 97.7 Å². The number of benzene rings is 1. The molecule has 1 unspecified atom stereocenters. The number of fused-ring (bicyclic) bond motifs is 2. The van der Waals surface area contributed by atoms with E-state index in [-0.39, 0.29) is 18.1 Å². The minimum atomic E-state index is -0.131. The van der Waals surface area contributed by atoms with E-state index in [1.54, 1.807) is 0 Å². The lowest BCUT2D eigenvalue weighted by atomic mass is 9.76. The Hall–Kier alpha value is -3.12. The summed E-state index contributed by atoms with van der Waals surface area (Å²) in [5, 5.41) is 0.751. The van der Waals surface area contributed by atoms with Crippen LogP contribution in [0.4, 0.5) is 4.79 Å². The first kappa shape index (κ1) is 29.4. The molecule has 1 atom stereocenters. The molecule has 2 aromatic heterocycles. The molecule has 3 aromatic rings. The third-order valence-corrected chi connectivity index (χ3v) is 8.94. The summed E-state index contributed by atoms with van der Waals surface area (Å²) in [6.07, 6.45) is 19.3. The quantitative estimate of drug-likeness (QED) is 0.296. The van der Waals surface area contributed by atoms with Crippen LogP contribution in [0.1, 0.15) is 99.9 Å². The molecule has 7 heteroatoms. The van der Waals surface area contributed by atoms with Crippen molar-refractivity contribution in [3.63, 3.8) is 0 Å². The van der Waals surface area contributed by atoms with E-state index in [2.05, 4.69) is 33.8 Å². The molecule has 41 heavy (non-hydrogen) atoms. The van der Waals surface area contributed by atoms with Crippen molar-refractivity contribution in [1.82, 2.24) is 19.4 Å². The molecule has 0 radical (unpaired) electrons. The van der Waals surface area contributed by atoms with E-state index in [0.717, 1.165) is 81.7 Å². The number of pyridine rings is 1. The number of ether oxygens (including phenoxy) is 1. The van der Waals surface area contributed by atoms with Crippen LogP contribution >= 0.6 is 11.6 Å². The highest BCUT2D eigenvalue weighted by Gasteiger charge is 2.36. The van der Waals surface area contributed by atoms with Crippen molar-refractivity contribution >= 4 is 29.3 Å². The Kier molecular flexibility index (Phi) is 10.2. The molecule has 1 aliphatic heterocycles. The minimum absolute atomic E-state index is 0.0943. The number of halogens is 1. The molecule has 1 aromatic carbocycles. The summed E-state index contributed by atoms with van der Waals surface area (Å²) in [6.45, 7) is 6.38. The largest absolute Gasteiger partial charge is 0.446 e. The van der Waals surface area contributed by atoms with Crippen LogP contribution in [-0.4, -0.2) is 44.7 Å². The van der Waals surface area contributed by atoms with Gasteiger partial charge in [-0.15, -0.1) is 0 Å². The number of rotatable bonds is 6. The number of nitrogens with zero attached hydrogens (tertiary/aromatic N) is 4. The van der Waals surface area contributed by atoms with Crippen LogP contribution in [0.5, 0.6) is 0 Å². The maximum atomic E-state index is 12.9. The Morgan fingerprint density at radius 2 is 1.85 bits per heavy atom. The molecule has 0 spiro atoms. The molecule has 2 aliphatic carbocycles. The first-order chi connectivity index (χ1) is 20.2. The van der Waals surface area contributed by atoms with E-state index in [9.17, 15) is 4.79 Å². The number of likely N-dealkylation sites (tertiary alicyclic amines) is 1. The summed E-state index contributed by atoms with van der Waals surface area (Å²) in [7, 11) is 0. The van der Waals surface area contributed by atoms with Gasteiger partial charge in [-0.3, -0.25) is 4.98 Å². The second-order valence-electron chi connectivity index (χ2n) is 11.2. The van der Waals surface area contributed by atoms with E-state index in [0.29, 0.717) is 5.92 Å². The first-order valence-corrected chi connectivity index (χ1v) is 15.9. The number of amides is 1. The number of allylic oxidation sites excluding steroid dienone is 1. The van der Waals surface area contributed by atoms with Gasteiger partial charge in [0.2, 0.25) is 0 Å². The SMILES string of the molecule is CC.O=C(OC1CCCCC1)N1CCC(C2c3ccc(Cl)cc3C=C(CCCn3ccnc3)c3cccnc32)CC1. The van der Waals surface area contributed by atoms with E-state index in [1.807, 2.05) is 55.8 Å². The highest BCUT2D eigenvalue weighted by atomic mass is 35.5. The molecule has 1 saturated heterocycles. The highest BCUT2D eigenvalue weighted by Crippen LogP contribution is 2.45. The van der Waals surface area contributed by atoms with Crippen molar-refractivity contribution in [2.24, 2.45) is 5.92 Å². The van der Waals surface area contributed by atoms with Crippen LogP contribution in [-0.2, 0) is 11.3 Å². The molecule has 3 aliphatic rings. The van der Waals surface area contributed by atoms with E-state index in [4.69, 9.17) is 21.3 Å². The zero-order valence-corrected chi connectivity index (χ0v) is 25.2. The van der Waals surface area contributed by atoms with Crippen LogP contribution in [0.25, 0.3) is 11.6 Å². The molecule has 3 heterocycles. The summed E-state index contributed by atoms with van der Waals surface area (Å²) >= 11 is 6.52. The lowest BCUT2D eigenvalue weighted by Gasteiger charge is -2.37. The number of hydrogen-bond donors (Lipinski definition) is 0. The Labute approximate surface area is 249 Å². The topological polar surface area (TPSA) is 60.2 Å². The Morgan fingerprint density at radius 1 is 1.05 bits per heavy atom. The molecular weight excluding hydrogens is 532 g/mol. The minimum Gasteiger partial charge on any atom is -0.446 e. The molecular formula is C34H43ClN4O2. The smallest absolute Gasteiger partial charge is 0.410 e. The van der Waals surface area contributed by atoms with Crippen LogP contribution in [0.2, 0.25) is 5.02 Å². The van der Waals surface area contributed by atoms with Gasteiger partial charge in [0, 0.05) is 49.2 Å². The Morgan fingerprint density at radius 3 is 2.61 bits per heavy atom. The average Bonchev–Trinajstić information content (AvgIpc) is 3.49. The standard InChI is InChI=1S/C32H37ClN4O2.C2H6/c33-26-10-11-28-25(21-26)20-24(6-5-16-36-19-15-34-22-36)29-9-4-14-35-31(29)30(28)23-12-17-37(18-13-23)32(38)39-27-7-2-1-3-8-27;1-2/h4,9-11,14-15,19-23,27,30H,1-3,5-8,12-13,16-18H2;1-2H3. The van der Waals surface area contributed by atoms with Gasteiger partial charge < -0.3 is 14.2 Å². The van der Waals surface area contributed by atoms with Crippen LogP contribution in [0, 0.1) is 5.92 Å². The predicted molar refractivity (Wildman–Crippen MR) is 166 cm³/mol. The molecule has 1 saturated carbocycles. The zero-order chi connectivity index (χ0) is 28.6. The average molecular weight is 575 g/mol. The second kappa shape index (κ2) is 14.2. The number of imidazole rings is 1. The molecule has 0 N–H and O–H groups in total. The Bertz CT molecular complexity index is 1310. The fraction of sp³-hybridized carbons (Fsp3) is 0.500. The van der Waals surface area contributed by atoms with Crippen LogP contribution < -0.4 is 0 Å². The maximum Gasteiger partial charge on any atom is 0.410 e. The number of carbonyl (C=O) groups excluding carboxylic acids is 1. The molecule has 218 valence electrons.